The van der Waals surface area contributed by atoms with Gasteiger partial charge in [0.25, 0.3) is 0 Å². The molecule has 2 heterocycles. The molecule has 1 aromatic rings. The summed E-state index contributed by atoms with van der Waals surface area (Å²) in [6, 6.07) is 4.84. The van der Waals surface area contributed by atoms with Gasteiger partial charge in [-0.2, -0.15) is 0 Å². The minimum atomic E-state index is 0. The predicted molar refractivity (Wildman–Crippen MR) is 103 cm³/mol. The van der Waals surface area contributed by atoms with E-state index < -0.39 is 0 Å². The number of ether oxygens (including phenoxy) is 2. The van der Waals surface area contributed by atoms with E-state index >= 15 is 0 Å². The van der Waals surface area contributed by atoms with Gasteiger partial charge in [0.1, 0.15) is 0 Å². The zero-order valence-corrected chi connectivity index (χ0v) is 16.2. The highest BCUT2D eigenvalue weighted by atomic mass is 35.5. The Labute approximate surface area is 161 Å². The summed E-state index contributed by atoms with van der Waals surface area (Å²) >= 11 is 6.40. The number of benzene rings is 1. The summed E-state index contributed by atoms with van der Waals surface area (Å²) in [6.45, 7) is 5.83. The van der Waals surface area contributed by atoms with Crippen molar-refractivity contribution in [1.29, 1.82) is 0 Å². The number of hydrogen-bond acceptors (Lipinski definition) is 4. The van der Waals surface area contributed by atoms with Crippen LogP contribution in [0, 0.1) is 5.92 Å². The molecule has 1 aliphatic carbocycles. The monoisotopic (exact) mass is 386 g/mol. The van der Waals surface area contributed by atoms with Gasteiger partial charge in [0, 0.05) is 19.0 Å². The summed E-state index contributed by atoms with van der Waals surface area (Å²) in [5, 5.41) is 4.41. The lowest BCUT2D eigenvalue weighted by Gasteiger charge is -2.32. The van der Waals surface area contributed by atoms with Crippen molar-refractivity contribution >= 4 is 24.0 Å². The molecule has 0 atom stereocenters. The molecule has 140 valence electrons. The second-order valence-corrected chi connectivity index (χ2v) is 7.76. The Hall–Kier alpha value is -0.680. The fraction of sp³-hybridized carbons (Fsp3) is 0.684. The SMILES string of the molecule is Cl.Clc1cc(CN2CCC(NCC3CC3)CC2)cc2c1OCCCO2. The van der Waals surface area contributed by atoms with Crippen LogP contribution in [0.3, 0.4) is 0 Å². The number of rotatable bonds is 5. The van der Waals surface area contributed by atoms with Crippen molar-refractivity contribution in [3.8, 4) is 11.5 Å². The topological polar surface area (TPSA) is 33.7 Å². The molecular formula is C19H28Cl2N2O2. The number of fused-ring (bicyclic) bond motifs is 1. The summed E-state index contributed by atoms with van der Waals surface area (Å²) < 4.78 is 11.5. The standard InChI is InChI=1S/C19H27ClN2O2.ClH/c20-17-10-15(11-18-19(17)24-9-1-8-23-18)13-22-6-4-16(5-7-22)21-12-14-2-3-14;/h10-11,14,16,21H,1-9,12-13H2;1H. The minimum Gasteiger partial charge on any atom is -0.489 e. The van der Waals surface area contributed by atoms with Crippen molar-refractivity contribution in [2.24, 2.45) is 5.92 Å². The highest BCUT2D eigenvalue weighted by Gasteiger charge is 2.25. The molecule has 6 heteroatoms. The van der Waals surface area contributed by atoms with Crippen LogP contribution in [0.4, 0.5) is 0 Å². The summed E-state index contributed by atoms with van der Waals surface area (Å²) in [5.74, 6) is 2.48. The fourth-order valence-electron chi connectivity index (χ4n) is 3.58. The van der Waals surface area contributed by atoms with Gasteiger partial charge >= 0.3 is 0 Å². The first-order valence-corrected chi connectivity index (χ1v) is 9.69. The van der Waals surface area contributed by atoms with E-state index in [2.05, 4.69) is 16.3 Å². The van der Waals surface area contributed by atoms with Crippen LogP contribution < -0.4 is 14.8 Å². The van der Waals surface area contributed by atoms with Crippen molar-refractivity contribution in [2.75, 3.05) is 32.8 Å². The maximum Gasteiger partial charge on any atom is 0.179 e. The molecule has 1 aromatic carbocycles. The van der Waals surface area contributed by atoms with E-state index in [4.69, 9.17) is 21.1 Å². The van der Waals surface area contributed by atoms with E-state index in [1.54, 1.807) is 0 Å². The Morgan fingerprint density at radius 3 is 2.60 bits per heavy atom. The van der Waals surface area contributed by atoms with Crippen molar-refractivity contribution < 1.29 is 9.47 Å². The molecule has 0 radical (unpaired) electrons. The van der Waals surface area contributed by atoms with Crippen molar-refractivity contribution in [3.05, 3.63) is 22.7 Å². The number of piperidine rings is 1. The number of hydrogen-bond donors (Lipinski definition) is 1. The van der Waals surface area contributed by atoms with Crippen LogP contribution in [-0.4, -0.2) is 43.8 Å². The summed E-state index contributed by atoms with van der Waals surface area (Å²) in [7, 11) is 0. The third-order valence-electron chi connectivity index (χ3n) is 5.25. The number of nitrogens with one attached hydrogen (secondary N) is 1. The van der Waals surface area contributed by atoms with Gasteiger partial charge in [-0.3, -0.25) is 4.90 Å². The van der Waals surface area contributed by atoms with E-state index in [0.717, 1.165) is 37.7 Å². The first-order valence-electron chi connectivity index (χ1n) is 9.31. The first kappa shape index (κ1) is 19.1. The van der Waals surface area contributed by atoms with Gasteiger partial charge in [-0.15, -0.1) is 12.4 Å². The Balaban J connectivity index is 0.00000182. The van der Waals surface area contributed by atoms with Crippen LogP contribution >= 0.6 is 24.0 Å². The second kappa shape index (κ2) is 8.81. The van der Waals surface area contributed by atoms with Crippen LogP contribution in [0.2, 0.25) is 5.02 Å². The molecule has 3 aliphatic rings. The molecule has 1 saturated heterocycles. The largest absolute Gasteiger partial charge is 0.489 e. The highest BCUT2D eigenvalue weighted by molar-refractivity contribution is 6.32. The fourth-order valence-corrected chi connectivity index (χ4v) is 3.87. The van der Waals surface area contributed by atoms with Crippen LogP contribution in [0.15, 0.2) is 12.1 Å². The molecule has 0 bridgehead atoms. The van der Waals surface area contributed by atoms with Crippen LogP contribution in [0.5, 0.6) is 11.5 Å². The Bertz CT molecular complexity index is 573. The molecule has 2 fully saturated rings. The summed E-state index contributed by atoms with van der Waals surface area (Å²) in [6.07, 6.45) is 6.24. The normalized spacial score (nSPS) is 21.5. The smallest absolute Gasteiger partial charge is 0.179 e. The average molecular weight is 387 g/mol. The Kier molecular flexibility index (Phi) is 6.73. The molecule has 1 N–H and O–H groups in total. The van der Waals surface area contributed by atoms with E-state index in [1.807, 2.05) is 6.07 Å². The number of nitrogens with zero attached hydrogens (tertiary/aromatic N) is 1. The molecule has 25 heavy (non-hydrogen) atoms. The Morgan fingerprint density at radius 2 is 1.84 bits per heavy atom. The predicted octanol–water partition coefficient (Wildman–Crippen LogP) is 3.89. The average Bonchev–Trinajstić information content (AvgIpc) is 3.41. The quantitative estimate of drug-likeness (QED) is 0.831. The molecule has 0 unspecified atom stereocenters. The summed E-state index contributed by atoms with van der Waals surface area (Å²) in [5.41, 5.74) is 1.22. The van der Waals surface area contributed by atoms with Gasteiger partial charge in [0.15, 0.2) is 11.5 Å². The first-order chi connectivity index (χ1) is 11.8. The molecule has 1 saturated carbocycles. The molecule has 0 aromatic heterocycles. The van der Waals surface area contributed by atoms with Gasteiger partial charge in [-0.05, 0) is 68.9 Å². The van der Waals surface area contributed by atoms with E-state index in [0.29, 0.717) is 30.0 Å². The van der Waals surface area contributed by atoms with Gasteiger partial charge in [0.05, 0.1) is 18.2 Å². The summed E-state index contributed by atoms with van der Waals surface area (Å²) in [4.78, 5) is 2.52. The number of likely N-dealkylation sites (tertiary alicyclic amines) is 1. The highest BCUT2D eigenvalue weighted by Crippen LogP contribution is 2.38. The zero-order chi connectivity index (χ0) is 16.4. The minimum absolute atomic E-state index is 0. The van der Waals surface area contributed by atoms with Gasteiger partial charge in [-0.1, -0.05) is 11.6 Å². The lowest BCUT2D eigenvalue weighted by atomic mass is 10.0. The van der Waals surface area contributed by atoms with Crippen molar-refractivity contribution in [3.63, 3.8) is 0 Å². The van der Waals surface area contributed by atoms with Crippen LogP contribution in [0.1, 0.15) is 37.7 Å². The van der Waals surface area contributed by atoms with E-state index in [1.165, 1.54) is 37.8 Å². The van der Waals surface area contributed by atoms with Crippen molar-refractivity contribution in [2.45, 2.75) is 44.7 Å². The molecule has 0 amide bonds. The van der Waals surface area contributed by atoms with Gasteiger partial charge in [0.2, 0.25) is 0 Å². The van der Waals surface area contributed by atoms with Crippen LogP contribution in [-0.2, 0) is 6.54 Å². The van der Waals surface area contributed by atoms with Crippen LogP contribution in [0.25, 0.3) is 0 Å². The molecule has 2 aliphatic heterocycles. The lowest BCUT2D eigenvalue weighted by molar-refractivity contribution is 0.190. The molecule has 0 spiro atoms. The third kappa shape index (κ3) is 5.16. The second-order valence-electron chi connectivity index (χ2n) is 7.36. The molecular weight excluding hydrogens is 359 g/mol. The lowest BCUT2D eigenvalue weighted by Crippen LogP contribution is -2.42. The van der Waals surface area contributed by atoms with E-state index in [9.17, 15) is 0 Å². The Morgan fingerprint density at radius 1 is 1.08 bits per heavy atom. The third-order valence-corrected chi connectivity index (χ3v) is 5.53. The van der Waals surface area contributed by atoms with Gasteiger partial charge in [-0.25, -0.2) is 0 Å². The van der Waals surface area contributed by atoms with E-state index in [-0.39, 0.29) is 12.4 Å². The zero-order valence-electron chi connectivity index (χ0n) is 14.6. The van der Waals surface area contributed by atoms with Gasteiger partial charge < -0.3 is 14.8 Å². The number of halogens is 2. The maximum absolute atomic E-state index is 6.40. The maximum atomic E-state index is 6.40. The van der Waals surface area contributed by atoms with Crippen molar-refractivity contribution in [1.82, 2.24) is 10.2 Å². The molecule has 4 nitrogen and oxygen atoms in total. The molecule has 4 rings (SSSR count).